The molecule has 0 aliphatic rings. The Morgan fingerprint density at radius 3 is 1.61 bits per heavy atom. The molecule has 0 aliphatic heterocycles. The van der Waals surface area contributed by atoms with Gasteiger partial charge in [-0.2, -0.15) is 0 Å². The minimum absolute atomic E-state index is 0.610. The lowest BCUT2D eigenvalue weighted by molar-refractivity contribution is 1.06. The highest BCUT2D eigenvalue weighted by Crippen LogP contribution is 2.44. The fraction of sp³-hybridized carbons (Fsp3) is 0. The van der Waals surface area contributed by atoms with E-state index in [-0.39, 0.29) is 0 Å². The van der Waals surface area contributed by atoms with E-state index in [1.165, 1.54) is 47.6 Å². The van der Waals surface area contributed by atoms with Crippen LogP contribution in [0.5, 0.6) is 0 Å². The van der Waals surface area contributed by atoms with Gasteiger partial charge >= 0.3 is 0 Å². The lowest BCUT2D eigenvalue weighted by Gasteiger charge is -2.15. The number of rotatable bonds is 7. The Hall–Kier alpha value is -7.99. The van der Waals surface area contributed by atoms with Gasteiger partial charge < -0.3 is 4.57 Å². The van der Waals surface area contributed by atoms with Crippen molar-refractivity contribution in [3.8, 4) is 73.2 Å². The summed E-state index contributed by atoms with van der Waals surface area (Å²) in [5, 5.41) is 4.96. The molecule has 9 aromatic carbocycles. The standard InChI is InChI=1S/C57H36N4S/c1-4-16-37(17-5-1)39-30-32-41(33-31-39)55-58-56(43-23-14-22-42(34-43)38-18-6-2-7-19-38)60-57(59-55)47-25-11-13-29-51(47)61-50-28-12-10-24-45(50)48-35-49-46-27-15-26-44(40-20-8-3-9-21-40)54(46)62-53(49)36-52(48)61/h1-36H. The molecular formula is C57H36N4S. The monoisotopic (exact) mass is 808 g/mol. The predicted octanol–water partition coefficient (Wildman–Crippen LogP) is 15.3. The molecule has 0 N–H and O–H groups in total. The van der Waals surface area contributed by atoms with Crippen LogP contribution in [0.15, 0.2) is 218 Å². The molecule has 290 valence electrons. The summed E-state index contributed by atoms with van der Waals surface area (Å²) in [5.74, 6) is 1.85. The van der Waals surface area contributed by atoms with Gasteiger partial charge in [-0.3, -0.25) is 0 Å². The van der Waals surface area contributed by atoms with Gasteiger partial charge in [-0.15, -0.1) is 11.3 Å². The van der Waals surface area contributed by atoms with Crippen molar-refractivity contribution >= 4 is 53.3 Å². The summed E-state index contributed by atoms with van der Waals surface area (Å²) < 4.78 is 4.95. The van der Waals surface area contributed by atoms with Crippen molar-refractivity contribution in [3.05, 3.63) is 218 Å². The molecule has 0 atom stereocenters. The Bertz CT molecular complexity index is 3610. The number of fused-ring (bicyclic) bond motifs is 6. The maximum Gasteiger partial charge on any atom is 0.166 e. The first-order valence-electron chi connectivity index (χ1n) is 20.8. The summed E-state index contributed by atoms with van der Waals surface area (Å²) in [6, 6.07) is 77.3. The molecular weight excluding hydrogens is 773 g/mol. The van der Waals surface area contributed by atoms with Gasteiger partial charge in [0, 0.05) is 47.6 Å². The largest absolute Gasteiger partial charge is 0.308 e. The number of aromatic nitrogens is 4. The van der Waals surface area contributed by atoms with E-state index in [4.69, 9.17) is 15.0 Å². The summed E-state index contributed by atoms with van der Waals surface area (Å²) >= 11 is 1.86. The van der Waals surface area contributed by atoms with Crippen LogP contribution in [0.3, 0.4) is 0 Å². The number of hydrogen-bond acceptors (Lipinski definition) is 4. The highest BCUT2D eigenvalue weighted by molar-refractivity contribution is 7.26. The molecule has 12 rings (SSSR count). The molecule has 0 aliphatic carbocycles. The Kier molecular flexibility index (Phi) is 8.65. The molecule has 0 unspecified atom stereocenters. The van der Waals surface area contributed by atoms with Crippen LogP contribution in [0.2, 0.25) is 0 Å². The van der Waals surface area contributed by atoms with E-state index in [9.17, 15) is 0 Å². The molecule has 3 aromatic heterocycles. The SMILES string of the molecule is c1ccc(-c2ccc(-c3nc(-c4cccc(-c5ccccc5)c4)nc(-c4ccccc4-n4c5ccccc5c5cc6c(cc54)sc4c(-c5ccccc5)cccc46)n3)cc2)cc1. The van der Waals surface area contributed by atoms with Crippen molar-refractivity contribution in [2.45, 2.75) is 0 Å². The minimum atomic E-state index is 0.610. The van der Waals surface area contributed by atoms with E-state index >= 15 is 0 Å². The molecule has 12 aromatic rings. The van der Waals surface area contributed by atoms with Crippen LogP contribution in [0.25, 0.3) is 115 Å². The normalized spacial score (nSPS) is 11.5. The third-order valence-corrected chi connectivity index (χ3v) is 13.1. The maximum atomic E-state index is 5.31. The molecule has 5 heteroatoms. The molecule has 0 amide bonds. The van der Waals surface area contributed by atoms with E-state index in [1.807, 2.05) is 23.5 Å². The van der Waals surface area contributed by atoms with Gasteiger partial charge in [0.1, 0.15) is 0 Å². The number of hydrogen-bond donors (Lipinski definition) is 0. The lowest BCUT2D eigenvalue weighted by Crippen LogP contribution is -2.03. The van der Waals surface area contributed by atoms with Gasteiger partial charge in [-0.1, -0.05) is 182 Å². The first-order chi connectivity index (χ1) is 30.7. The zero-order chi connectivity index (χ0) is 41.0. The molecule has 0 radical (unpaired) electrons. The van der Waals surface area contributed by atoms with Gasteiger partial charge in [0.25, 0.3) is 0 Å². The van der Waals surface area contributed by atoms with Crippen LogP contribution >= 0.6 is 11.3 Å². The van der Waals surface area contributed by atoms with E-state index in [0.717, 1.165) is 50.1 Å². The van der Waals surface area contributed by atoms with Crippen LogP contribution in [0, 0.1) is 0 Å². The van der Waals surface area contributed by atoms with E-state index < -0.39 is 0 Å². The first-order valence-corrected chi connectivity index (χ1v) is 21.7. The molecule has 0 saturated heterocycles. The molecule has 3 heterocycles. The van der Waals surface area contributed by atoms with Crippen molar-refractivity contribution in [2.75, 3.05) is 0 Å². The van der Waals surface area contributed by atoms with Gasteiger partial charge in [0.15, 0.2) is 17.5 Å². The summed E-state index contributed by atoms with van der Waals surface area (Å²) in [6.07, 6.45) is 0. The van der Waals surface area contributed by atoms with Crippen LogP contribution in [0.1, 0.15) is 0 Å². The van der Waals surface area contributed by atoms with Gasteiger partial charge in [-0.25, -0.2) is 15.0 Å². The van der Waals surface area contributed by atoms with Crippen molar-refractivity contribution in [3.63, 3.8) is 0 Å². The highest BCUT2D eigenvalue weighted by Gasteiger charge is 2.21. The van der Waals surface area contributed by atoms with Crippen molar-refractivity contribution < 1.29 is 0 Å². The molecule has 0 fully saturated rings. The number of nitrogens with zero attached hydrogens (tertiary/aromatic N) is 4. The Morgan fingerprint density at radius 2 is 0.839 bits per heavy atom. The fourth-order valence-corrected chi connectivity index (χ4v) is 10.1. The van der Waals surface area contributed by atoms with Gasteiger partial charge in [0.05, 0.1) is 16.7 Å². The smallest absolute Gasteiger partial charge is 0.166 e. The minimum Gasteiger partial charge on any atom is -0.308 e. The van der Waals surface area contributed by atoms with Crippen LogP contribution < -0.4 is 0 Å². The molecule has 62 heavy (non-hydrogen) atoms. The average molecular weight is 809 g/mol. The highest BCUT2D eigenvalue weighted by atomic mass is 32.1. The van der Waals surface area contributed by atoms with E-state index in [2.05, 4.69) is 211 Å². The fourth-order valence-electron chi connectivity index (χ4n) is 8.89. The third-order valence-electron chi connectivity index (χ3n) is 11.9. The third kappa shape index (κ3) is 6.18. The summed E-state index contributed by atoms with van der Waals surface area (Å²) in [4.78, 5) is 15.8. The quantitative estimate of drug-likeness (QED) is 0.161. The predicted molar refractivity (Wildman–Crippen MR) is 260 cm³/mol. The Balaban J connectivity index is 1.06. The Labute approximate surface area is 362 Å². The second-order valence-corrected chi connectivity index (χ2v) is 16.6. The number of benzene rings is 9. The second kappa shape index (κ2) is 14.9. The van der Waals surface area contributed by atoms with Crippen LogP contribution in [-0.4, -0.2) is 19.5 Å². The zero-order valence-electron chi connectivity index (χ0n) is 33.5. The second-order valence-electron chi connectivity index (χ2n) is 15.6. The molecule has 0 saturated carbocycles. The molecule has 0 spiro atoms. The van der Waals surface area contributed by atoms with E-state index in [0.29, 0.717) is 17.5 Å². The maximum absolute atomic E-state index is 5.31. The summed E-state index contributed by atoms with van der Waals surface area (Å²) in [5.41, 5.74) is 13.1. The Morgan fingerprint density at radius 1 is 0.306 bits per heavy atom. The average Bonchev–Trinajstić information content (AvgIpc) is 3.88. The number of para-hydroxylation sites is 2. The first kappa shape index (κ1) is 35.9. The van der Waals surface area contributed by atoms with Gasteiger partial charge in [0.2, 0.25) is 0 Å². The molecule has 0 bridgehead atoms. The summed E-state index contributed by atoms with van der Waals surface area (Å²) in [6.45, 7) is 0. The topological polar surface area (TPSA) is 43.6 Å². The zero-order valence-corrected chi connectivity index (χ0v) is 34.3. The van der Waals surface area contributed by atoms with Gasteiger partial charge in [-0.05, 0) is 69.8 Å². The van der Waals surface area contributed by atoms with Crippen molar-refractivity contribution in [2.24, 2.45) is 0 Å². The van der Waals surface area contributed by atoms with Crippen LogP contribution in [-0.2, 0) is 0 Å². The van der Waals surface area contributed by atoms with Crippen molar-refractivity contribution in [1.82, 2.24) is 19.5 Å². The molecule has 4 nitrogen and oxygen atoms in total. The van der Waals surface area contributed by atoms with Crippen LogP contribution in [0.4, 0.5) is 0 Å². The summed E-state index contributed by atoms with van der Waals surface area (Å²) in [7, 11) is 0. The van der Waals surface area contributed by atoms with E-state index in [1.54, 1.807) is 0 Å². The van der Waals surface area contributed by atoms with Crippen molar-refractivity contribution in [1.29, 1.82) is 0 Å². The lowest BCUT2D eigenvalue weighted by atomic mass is 10.0. The number of thiophene rings is 1.